The van der Waals surface area contributed by atoms with Crippen LogP contribution in [0.2, 0.25) is 0 Å². The third-order valence-corrected chi connectivity index (χ3v) is 4.09. The van der Waals surface area contributed by atoms with Crippen LogP contribution in [-0.2, 0) is 13.5 Å². The average Bonchev–Trinajstić information content (AvgIpc) is 3.16. The molecule has 1 fully saturated rings. The fourth-order valence-corrected chi connectivity index (χ4v) is 2.85. The van der Waals surface area contributed by atoms with Gasteiger partial charge in [-0.1, -0.05) is 6.92 Å². The van der Waals surface area contributed by atoms with Gasteiger partial charge in [0.05, 0.1) is 0 Å². The highest BCUT2D eigenvalue weighted by molar-refractivity contribution is 5.93. The van der Waals surface area contributed by atoms with E-state index < -0.39 is 0 Å². The van der Waals surface area contributed by atoms with E-state index in [2.05, 4.69) is 20.2 Å². The monoisotopic (exact) mass is 303 g/mol. The first-order chi connectivity index (χ1) is 10.7. The second-order valence-corrected chi connectivity index (χ2v) is 5.55. The lowest BCUT2D eigenvalue weighted by atomic mass is 10.0. The molecule has 0 aromatic carbocycles. The van der Waals surface area contributed by atoms with Gasteiger partial charge in [-0.25, -0.2) is 9.97 Å². The van der Waals surface area contributed by atoms with Crippen LogP contribution in [-0.4, -0.2) is 39.6 Å². The van der Waals surface area contributed by atoms with E-state index in [1.807, 2.05) is 24.7 Å². The first kappa shape index (κ1) is 14.6. The van der Waals surface area contributed by atoms with Gasteiger partial charge >= 0.3 is 0 Å². The number of nitrogens with one attached hydrogen (secondary N) is 1. The van der Waals surface area contributed by atoms with Crippen molar-refractivity contribution in [3.05, 3.63) is 30.2 Å². The van der Waals surface area contributed by atoms with Crippen LogP contribution in [0.15, 0.2) is 23.2 Å². The van der Waals surface area contributed by atoms with Crippen molar-refractivity contribution in [1.82, 2.24) is 19.9 Å². The van der Waals surface area contributed by atoms with Gasteiger partial charge in [0.15, 0.2) is 12.1 Å². The number of aryl methyl sites for hydroxylation is 2. The number of nitrogens with zero attached hydrogens (tertiary/aromatic N) is 4. The molecule has 0 aliphatic carbocycles. The molecule has 0 saturated carbocycles. The molecule has 1 saturated heterocycles. The van der Waals surface area contributed by atoms with Crippen molar-refractivity contribution in [1.29, 1.82) is 0 Å². The van der Waals surface area contributed by atoms with Crippen LogP contribution in [0, 0.1) is 0 Å². The summed E-state index contributed by atoms with van der Waals surface area (Å²) in [5.41, 5.74) is 0.411. The Morgan fingerprint density at radius 2 is 2.18 bits per heavy atom. The smallest absolute Gasteiger partial charge is 0.273 e. The maximum absolute atomic E-state index is 12.3. The number of piperidine rings is 1. The summed E-state index contributed by atoms with van der Waals surface area (Å²) in [5, 5.41) is 3.06. The molecule has 3 heterocycles. The number of anilines is 1. The molecule has 1 N–H and O–H groups in total. The summed E-state index contributed by atoms with van der Waals surface area (Å²) in [6.07, 6.45) is 7.55. The van der Waals surface area contributed by atoms with Crippen LogP contribution in [0.4, 0.5) is 5.95 Å². The van der Waals surface area contributed by atoms with Gasteiger partial charge in [0, 0.05) is 45.0 Å². The zero-order valence-corrected chi connectivity index (χ0v) is 13.0. The van der Waals surface area contributed by atoms with Gasteiger partial charge in [0.2, 0.25) is 5.95 Å². The average molecular weight is 303 g/mol. The molecule has 22 heavy (non-hydrogen) atoms. The number of carbonyl (C=O) groups excluding carboxylic acids is 1. The number of hydrogen-bond acceptors (Lipinski definition) is 5. The van der Waals surface area contributed by atoms with E-state index in [0.717, 1.165) is 31.9 Å². The minimum absolute atomic E-state index is 0.138. The first-order valence-corrected chi connectivity index (χ1v) is 7.64. The van der Waals surface area contributed by atoms with Gasteiger partial charge in [-0.2, -0.15) is 0 Å². The van der Waals surface area contributed by atoms with Crippen molar-refractivity contribution >= 4 is 11.9 Å². The number of amides is 1. The van der Waals surface area contributed by atoms with Crippen molar-refractivity contribution < 1.29 is 9.21 Å². The molecule has 3 rings (SSSR count). The predicted molar refractivity (Wildman–Crippen MR) is 81.8 cm³/mol. The molecule has 2 aromatic heterocycles. The number of oxazole rings is 1. The maximum Gasteiger partial charge on any atom is 0.273 e. The summed E-state index contributed by atoms with van der Waals surface area (Å²) < 4.78 is 7.23. The summed E-state index contributed by atoms with van der Waals surface area (Å²) in [4.78, 5) is 22.9. The quantitative estimate of drug-likeness (QED) is 0.923. The zero-order chi connectivity index (χ0) is 15.5. The number of hydrogen-bond donors (Lipinski definition) is 1. The third-order valence-electron chi connectivity index (χ3n) is 4.09. The van der Waals surface area contributed by atoms with Crippen molar-refractivity contribution in [2.75, 3.05) is 18.0 Å². The van der Waals surface area contributed by atoms with Gasteiger partial charge in [-0.05, 0) is 12.8 Å². The highest BCUT2D eigenvalue weighted by Crippen LogP contribution is 2.18. The van der Waals surface area contributed by atoms with Crippen LogP contribution in [0.3, 0.4) is 0 Å². The third kappa shape index (κ3) is 2.84. The normalized spacial score (nSPS) is 16.0. The highest BCUT2D eigenvalue weighted by atomic mass is 16.3. The largest absolute Gasteiger partial charge is 0.448 e. The summed E-state index contributed by atoms with van der Waals surface area (Å²) >= 11 is 0. The molecule has 2 aromatic rings. The fourth-order valence-electron chi connectivity index (χ4n) is 2.85. The minimum atomic E-state index is -0.138. The Hall–Kier alpha value is -2.31. The van der Waals surface area contributed by atoms with Crippen LogP contribution < -0.4 is 10.2 Å². The van der Waals surface area contributed by atoms with Crippen molar-refractivity contribution in [3.8, 4) is 0 Å². The summed E-state index contributed by atoms with van der Waals surface area (Å²) in [6.45, 7) is 3.72. The van der Waals surface area contributed by atoms with E-state index >= 15 is 0 Å². The fraction of sp³-hybridized carbons (Fsp3) is 0.533. The molecule has 1 amide bonds. The summed E-state index contributed by atoms with van der Waals surface area (Å²) in [7, 11) is 1.99. The van der Waals surface area contributed by atoms with Crippen LogP contribution in [0.25, 0.3) is 0 Å². The summed E-state index contributed by atoms with van der Waals surface area (Å²) in [6, 6.07) is 0.172. The number of imidazole rings is 1. The van der Waals surface area contributed by atoms with E-state index in [1.54, 1.807) is 6.20 Å². The lowest BCUT2D eigenvalue weighted by molar-refractivity contribution is 0.0924. The molecule has 0 unspecified atom stereocenters. The Bertz CT molecular complexity index is 640. The molecule has 7 nitrogen and oxygen atoms in total. The van der Waals surface area contributed by atoms with E-state index in [9.17, 15) is 4.79 Å². The number of rotatable bonds is 4. The van der Waals surface area contributed by atoms with Crippen LogP contribution in [0.5, 0.6) is 0 Å². The maximum atomic E-state index is 12.3. The van der Waals surface area contributed by atoms with E-state index in [-0.39, 0.29) is 11.9 Å². The second-order valence-electron chi connectivity index (χ2n) is 5.55. The molecular formula is C15H21N5O2. The lowest BCUT2D eigenvalue weighted by Crippen LogP contribution is -2.45. The van der Waals surface area contributed by atoms with Gasteiger partial charge in [-0.3, -0.25) is 4.79 Å². The predicted octanol–water partition coefficient (Wildman–Crippen LogP) is 1.37. The van der Waals surface area contributed by atoms with E-state index in [4.69, 9.17) is 4.42 Å². The molecule has 7 heteroatoms. The van der Waals surface area contributed by atoms with Gasteiger partial charge in [0.25, 0.3) is 5.91 Å². The minimum Gasteiger partial charge on any atom is -0.448 e. The van der Waals surface area contributed by atoms with E-state index in [1.165, 1.54) is 6.39 Å². The molecule has 1 aliphatic heterocycles. The standard InChI is InChI=1S/C15H21N5O2/c1-3-12-13(17-10-22-12)14(21)18-11-4-7-20(8-5-11)15-16-6-9-19(15)2/h6,9-11H,3-5,7-8H2,1-2H3,(H,18,21). The van der Waals surface area contributed by atoms with Crippen molar-refractivity contribution in [3.63, 3.8) is 0 Å². The topological polar surface area (TPSA) is 76.2 Å². The first-order valence-electron chi connectivity index (χ1n) is 7.64. The molecular weight excluding hydrogens is 282 g/mol. The highest BCUT2D eigenvalue weighted by Gasteiger charge is 2.24. The number of carbonyl (C=O) groups is 1. The van der Waals surface area contributed by atoms with E-state index in [0.29, 0.717) is 17.9 Å². The Morgan fingerprint density at radius 3 is 2.82 bits per heavy atom. The van der Waals surface area contributed by atoms with Crippen molar-refractivity contribution in [2.45, 2.75) is 32.2 Å². The Morgan fingerprint density at radius 1 is 1.41 bits per heavy atom. The molecule has 0 spiro atoms. The molecule has 118 valence electrons. The van der Waals surface area contributed by atoms with Gasteiger partial charge in [-0.15, -0.1) is 0 Å². The van der Waals surface area contributed by atoms with Crippen LogP contribution >= 0.6 is 0 Å². The molecule has 0 radical (unpaired) electrons. The summed E-state index contributed by atoms with van der Waals surface area (Å²) in [5.74, 6) is 1.48. The molecule has 0 atom stereocenters. The molecule has 0 bridgehead atoms. The Balaban J connectivity index is 1.56. The zero-order valence-electron chi connectivity index (χ0n) is 13.0. The second kappa shape index (κ2) is 6.21. The number of aromatic nitrogens is 3. The molecule has 1 aliphatic rings. The van der Waals surface area contributed by atoms with Gasteiger partial charge < -0.3 is 19.2 Å². The Kier molecular flexibility index (Phi) is 4.13. The lowest BCUT2D eigenvalue weighted by Gasteiger charge is -2.32. The van der Waals surface area contributed by atoms with Gasteiger partial charge in [0.1, 0.15) is 5.76 Å². The van der Waals surface area contributed by atoms with Crippen molar-refractivity contribution in [2.24, 2.45) is 7.05 Å². The Labute approximate surface area is 129 Å². The SMILES string of the molecule is CCc1ocnc1C(=O)NC1CCN(c2nccn2C)CC1. The van der Waals surface area contributed by atoms with Crippen LogP contribution in [0.1, 0.15) is 36.0 Å².